The molecule has 0 aliphatic heterocycles. The summed E-state index contributed by atoms with van der Waals surface area (Å²) in [6.07, 6.45) is 1.58. The minimum absolute atomic E-state index is 0.0105. The van der Waals surface area contributed by atoms with Crippen LogP contribution in [0.15, 0.2) is 78.9 Å². The summed E-state index contributed by atoms with van der Waals surface area (Å²) in [6.45, 7) is -0.371. The molecule has 1 atom stereocenters. The third-order valence-electron chi connectivity index (χ3n) is 6.97. The van der Waals surface area contributed by atoms with Gasteiger partial charge in [0.25, 0.3) is 5.91 Å². The van der Waals surface area contributed by atoms with Crippen molar-refractivity contribution in [3.05, 3.63) is 84.4 Å². The van der Waals surface area contributed by atoms with Gasteiger partial charge in [0.2, 0.25) is 0 Å². The number of hydrogen-bond donors (Lipinski definition) is 3. The van der Waals surface area contributed by atoms with Crippen LogP contribution in [0.1, 0.15) is 18.4 Å². The van der Waals surface area contributed by atoms with Crippen LogP contribution in [0, 0.1) is 0 Å². The fourth-order valence-corrected chi connectivity index (χ4v) is 4.48. The lowest BCUT2D eigenvalue weighted by molar-refractivity contribution is -0.136. The zero-order valence-corrected chi connectivity index (χ0v) is 22.5. The van der Waals surface area contributed by atoms with E-state index in [4.69, 9.17) is 9.84 Å². The van der Waals surface area contributed by atoms with Crippen molar-refractivity contribution < 1.29 is 29.0 Å². The van der Waals surface area contributed by atoms with E-state index in [9.17, 15) is 19.2 Å². The average Bonchev–Trinajstić information content (AvgIpc) is 3.80. The number of carbonyl (C=O) groups is 4. The van der Waals surface area contributed by atoms with Crippen molar-refractivity contribution in [2.75, 3.05) is 37.5 Å². The molecule has 0 heterocycles. The van der Waals surface area contributed by atoms with Crippen molar-refractivity contribution in [1.29, 1.82) is 0 Å². The summed E-state index contributed by atoms with van der Waals surface area (Å²) < 4.78 is 5.78. The van der Waals surface area contributed by atoms with Gasteiger partial charge in [0, 0.05) is 37.3 Å². The van der Waals surface area contributed by atoms with Gasteiger partial charge in [0.05, 0.1) is 13.5 Å². The van der Waals surface area contributed by atoms with Gasteiger partial charge in [-0.1, -0.05) is 36.4 Å². The number of carboxylic acid groups (broad SMARTS) is 1. The number of para-hydroxylation sites is 1. The van der Waals surface area contributed by atoms with Gasteiger partial charge >= 0.3 is 17.9 Å². The number of hydrogen-bond acceptors (Lipinski definition) is 5. The predicted molar refractivity (Wildman–Crippen MR) is 152 cm³/mol. The topological polar surface area (TPSA) is 125 Å². The fraction of sp³-hybridized carbons (Fsp3) is 0.267. The number of carboxylic acids is 1. The van der Waals surface area contributed by atoms with Crippen LogP contribution in [0.25, 0.3) is 0 Å². The molecule has 3 aromatic carbocycles. The number of urea groups is 1. The normalized spacial score (nSPS) is 13.9. The number of carbonyl (C=O) groups excluding carboxylic acids is 3. The summed E-state index contributed by atoms with van der Waals surface area (Å²) in [5.41, 5.74) is 2.45. The van der Waals surface area contributed by atoms with E-state index in [1.807, 2.05) is 43.4 Å². The second-order valence-electron chi connectivity index (χ2n) is 9.85. The molecule has 10 heteroatoms. The molecule has 0 saturated heterocycles. The molecule has 1 unspecified atom stereocenters. The Labute approximate surface area is 232 Å². The minimum atomic E-state index is -0.968. The summed E-state index contributed by atoms with van der Waals surface area (Å²) in [5.74, 6) is -0.910. The zero-order valence-electron chi connectivity index (χ0n) is 22.5. The molecule has 0 bridgehead atoms. The SMILES string of the molecule is CN(C(=O)COc1cccc([N+](C)(C(=O)CNC(=O)Nc2cccc(CC(=O)O)c2)C2CC2)c1)c1ccccc1. The average molecular weight is 546 g/mol. The molecule has 10 nitrogen and oxygen atoms in total. The van der Waals surface area contributed by atoms with E-state index in [2.05, 4.69) is 10.6 Å². The molecule has 4 amide bonds. The first kappa shape index (κ1) is 28.3. The molecule has 0 aromatic heterocycles. The first-order chi connectivity index (χ1) is 19.2. The number of rotatable bonds is 11. The molecular formula is C30H33N4O6+. The molecule has 0 radical (unpaired) electrons. The van der Waals surface area contributed by atoms with Gasteiger partial charge in [0.15, 0.2) is 6.61 Å². The number of likely N-dealkylation sites (N-methyl/N-ethyl adjacent to an activating group) is 2. The zero-order chi connectivity index (χ0) is 28.7. The lowest BCUT2D eigenvalue weighted by atomic mass is 10.1. The highest BCUT2D eigenvalue weighted by atomic mass is 16.5. The molecule has 3 aromatic rings. The van der Waals surface area contributed by atoms with Crippen molar-refractivity contribution in [3.63, 3.8) is 0 Å². The number of aliphatic carboxylic acids is 1. The van der Waals surface area contributed by atoms with Crippen molar-refractivity contribution >= 4 is 40.9 Å². The van der Waals surface area contributed by atoms with E-state index < -0.39 is 12.0 Å². The number of nitrogens with one attached hydrogen (secondary N) is 2. The van der Waals surface area contributed by atoms with Crippen molar-refractivity contribution in [2.24, 2.45) is 0 Å². The van der Waals surface area contributed by atoms with E-state index in [1.165, 1.54) is 4.90 Å². The highest BCUT2D eigenvalue weighted by molar-refractivity contribution is 5.96. The van der Waals surface area contributed by atoms with E-state index in [-0.39, 0.29) is 41.9 Å². The Morgan fingerprint density at radius 2 is 1.70 bits per heavy atom. The van der Waals surface area contributed by atoms with E-state index in [0.717, 1.165) is 18.5 Å². The van der Waals surface area contributed by atoms with Crippen molar-refractivity contribution in [3.8, 4) is 5.75 Å². The molecule has 0 spiro atoms. The first-order valence-electron chi connectivity index (χ1n) is 13.0. The molecular weight excluding hydrogens is 512 g/mol. The Bertz CT molecular complexity index is 1390. The predicted octanol–water partition coefficient (Wildman–Crippen LogP) is 3.80. The number of ether oxygens (including phenoxy) is 1. The maximum atomic E-state index is 13.5. The minimum Gasteiger partial charge on any atom is -0.484 e. The fourth-order valence-electron chi connectivity index (χ4n) is 4.48. The second-order valence-corrected chi connectivity index (χ2v) is 9.85. The summed E-state index contributed by atoms with van der Waals surface area (Å²) >= 11 is 0. The Morgan fingerprint density at radius 1 is 0.975 bits per heavy atom. The van der Waals surface area contributed by atoms with Gasteiger partial charge in [0.1, 0.15) is 24.0 Å². The van der Waals surface area contributed by atoms with E-state index in [0.29, 0.717) is 22.7 Å². The Kier molecular flexibility index (Phi) is 8.80. The lowest BCUT2D eigenvalue weighted by Crippen LogP contribution is -2.56. The number of amides is 4. The second kappa shape index (κ2) is 12.4. The smallest absolute Gasteiger partial charge is 0.338 e. The molecule has 40 heavy (non-hydrogen) atoms. The Balaban J connectivity index is 1.38. The highest BCUT2D eigenvalue weighted by Gasteiger charge is 2.48. The quantitative estimate of drug-likeness (QED) is 0.315. The highest BCUT2D eigenvalue weighted by Crippen LogP contribution is 2.39. The van der Waals surface area contributed by atoms with Gasteiger partial charge in [-0.25, -0.2) is 14.1 Å². The van der Waals surface area contributed by atoms with E-state index >= 15 is 0 Å². The van der Waals surface area contributed by atoms with Crippen LogP contribution in [0.2, 0.25) is 0 Å². The molecule has 4 rings (SSSR count). The lowest BCUT2D eigenvalue weighted by Gasteiger charge is -2.31. The number of quaternary nitrogens is 1. The standard InChI is InChI=1S/C30H32N4O6/c1-33(23-10-4-3-5-11-23)27(35)20-40-26-13-7-12-25(18-26)34(2,24-14-15-24)28(36)19-31-30(39)32-22-9-6-8-21(16-22)17-29(37)38/h3-13,16,18,24H,14-15,17,19-20H2,1-2H3,(H2-,31,32,37,38,39)/p+1. The summed E-state index contributed by atoms with van der Waals surface area (Å²) in [7, 11) is 3.51. The number of anilines is 2. The largest absolute Gasteiger partial charge is 0.484 e. The van der Waals surface area contributed by atoms with Crippen molar-refractivity contribution in [2.45, 2.75) is 25.3 Å². The number of nitrogens with zero attached hydrogens (tertiary/aromatic N) is 2. The van der Waals surface area contributed by atoms with Gasteiger partial charge in [-0.15, -0.1) is 0 Å². The summed E-state index contributed by atoms with van der Waals surface area (Å²) in [4.78, 5) is 51.1. The third-order valence-corrected chi connectivity index (χ3v) is 6.97. The van der Waals surface area contributed by atoms with Crippen LogP contribution in [-0.4, -0.2) is 62.2 Å². The van der Waals surface area contributed by atoms with Gasteiger partial charge < -0.3 is 25.4 Å². The molecule has 1 aliphatic carbocycles. The van der Waals surface area contributed by atoms with Crippen LogP contribution in [0.3, 0.4) is 0 Å². The van der Waals surface area contributed by atoms with Crippen LogP contribution in [0.4, 0.5) is 21.9 Å². The Morgan fingerprint density at radius 3 is 2.40 bits per heavy atom. The Hall–Kier alpha value is -4.70. The van der Waals surface area contributed by atoms with Crippen LogP contribution in [0.5, 0.6) is 5.75 Å². The summed E-state index contributed by atoms with van der Waals surface area (Å²) in [5, 5.41) is 14.2. The van der Waals surface area contributed by atoms with E-state index in [1.54, 1.807) is 49.5 Å². The van der Waals surface area contributed by atoms with Gasteiger partial charge in [-0.05, 0) is 42.0 Å². The molecule has 1 aliphatic rings. The third kappa shape index (κ3) is 7.03. The van der Waals surface area contributed by atoms with Crippen LogP contribution >= 0.6 is 0 Å². The molecule has 1 fully saturated rings. The monoisotopic (exact) mass is 545 g/mol. The van der Waals surface area contributed by atoms with Gasteiger partial charge in [-0.2, -0.15) is 0 Å². The van der Waals surface area contributed by atoms with Gasteiger partial charge in [-0.3, -0.25) is 9.59 Å². The first-order valence-corrected chi connectivity index (χ1v) is 13.0. The maximum Gasteiger partial charge on any atom is 0.338 e. The molecule has 1 saturated carbocycles. The van der Waals surface area contributed by atoms with Crippen LogP contribution < -0.4 is 24.8 Å². The van der Waals surface area contributed by atoms with Crippen molar-refractivity contribution in [1.82, 2.24) is 9.80 Å². The van der Waals surface area contributed by atoms with Crippen LogP contribution in [-0.2, 0) is 20.8 Å². The summed E-state index contributed by atoms with van der Waals surface area (Å²) in [6, 6.07) is 22.5. The molecule has 3 N–H and O–H groups in total. The number of benzene rings is 3. The maximum absolute atomic E-state index is 13.5. The molecule has 208 valence electrons.